The lowest BCUT2D eigenvalue weighted by Gasteiger charge is -2.00. The van der Waals surface area contributed by atoms with Crippen LogP contribution >= 0.6 is 0 Å². The molecule has 0 aromatic heterocycles. The monoisotopic (exact) mass is 215 g/mol. The Kier molecular flexibility index (Phi) is 8.82. The molecule has 0 amide bonds. The number of rotatable bonds is 9. The summed E-state index contributed by atoms with van der Waals surface area (Å²) >= 11 is 0. The first kappa shape index (κ1) is 13.9. The first-order valence-corrected chi connectivity index (χ1v) is 5.54. The zero-order chi connectivity index (χ0) is 11.5. The standard InChI is InChI=1S/C11H21NO3/c1-3-4-5-6-7-8-10(2)12-15-9-11(13)14/h3-9H2,1-2H3,(H,13,14). The van der Waals surface area contributed by atoms with Gasteiger partial charge < -0.3 is 9.94 Å². The molecule has 0 fully saturated rings. The van der Waals surface area contributed by atoms with Crippen molar-refractivity contribution in [3.63, 3.8) is 0 Å². The molecular weight excluding hydrogens is 194 g/mol. The number of hydrogen-bond acceptors (Lipinski definition) is 3. The van der Waals surface area contributed by atoms with Gasteiger partial charge in [0.05, 0.1) is 5.71 Å². The molecule has 0 rings (SSSR count). The molecule has 0 spiro atoms. The predicted molar refractivity (Wildman–Crippen MR) is 60.1 cm³/mol. The van der Waals surface area contributed by atoms with Crippen molar-refractivity contribution in [2.75, 3.05) is 6.61 Å². The van der Waals surface area contributed by atoms with Crippen LogP contribution in [0.1, 0.15) is 52.4 Å². The van der Waals surface area contributed by atoms with Gasteiger partial charge in [0.1, 0.15) is 0 Å². The molecule has 4 heteroatoms. The van der Waals surface area contributed by atoms with Crippen molar-refractivity contribution < 1.29 is 14.7 Å². The molecule has 0 aromatic carbocycles. The summed E-state index contributed by atoms with van der Waals surface area (Å²) in [6.07, 6.45) is 7.00. The van der Waals surface area contributed by atoms with Crippen LogP contribution in [-0.2, 0) is 9.63 Å². The minimum Gasteiger partial charge on any atom is -0.479 e. The van der Waals surface area contributed by atoms with Crippen molar-refractivity contribution in [2.24, 2.45) is 5.16 Å². The molecule has 0 radical (unpaired) electrons. The first-order valence-electron chi connectivity index (χ1n) is 5.54. The summed E-state index contributed by atoms with van der Waals surface area (Å²) in [5, 5.41) is 12.0. The zero-order valence-corrected chi connectivity index (χ0v) is 9.66. The molecule has 0 bridgehead atoms. The minimum absolute atomic E-state index is 0.354. The quantitative estimate of drug-likeness (QED) is 0.365. The van der Waals surface area contributed by atoms with Crippen LogP contribution in [0.2, 0.25) is 0 Å². The molecule has 0 aromatic rings. The number of oxime groups is 1. The van der Waals surface area contributed by atoms with E-state index in [2.05, 4.69) is 16.9 Å². The van der Waals surface area contributed by atoms with E-state index in [0.717, 1.165) is 18.6 Å². The fourth-order valence-corrected chi connectivity index (χ4v) is 1.23. The number of carbonyl (C=O) groups is 1. The van der Waals surface area contributed by atoms with E-state index in [4.69, 9.17) is 5.11 Å². The van der Waals surface area contributed by atoms with E-state index >= 15 is 0 Å². The van der Waals surface area contributed by atoms with E-state index in [1.807, 2.05) is 6.92 Å². The van der Waals surface area contributed by atoms with E-state index in [1.54, 1.807) is 0 Å². The average molecular weight is 215 g/mol. The molecule has 0 atom stereocenters. The summed E-state index contributed by atoms with van der Waals surface area (Å²) in [7, 11) is 0. The normalized spacial score (nSPS) is 11.5. The smallest absolute Gasteiger partial charge is 0.344 e. The molecule has 4 nitrogen and oxygen atoms in total. The van der Waals surface area contributed by atoms with Crippen molar-refractivity contribution in [1.82, 2.24) is 0 Å². The summed E-state index contributed by atoms with van der Waals surface area (Å²) in [6.45, 7) is 3.70. The van der Waals surface area contributed by atoms with Crippen molar-refractivity contribution in [3.8, 4) is 0 Å². The Morgan fingerprint density at radius 2 is 1.93 bits per heavy atom. The Labute approximate surface area is 91.3 Å². The molecule has 0 aliphatic rings. The summed E-state index contributed by atoms with van der Waals surface area (Å²) in [6, 6.07) is 0. The Bertz CT molecular complexity index is 202. The Morgan fingerprint density at radius 1 is 1.27 bits per heavy atom. The third-order valence-electron chi connectivity index (χ3n) is 2.05. The number of carboxylic acid groups (broad SMARTS) is 1. The van der Waals surface area contributed by atoms with Crippen LogP contribution in [0, 0.1) is 0 Å². The highest BCUT2D eigenvalue weighted by Gasteiger charge is 1.97. The Morgan fingerprint density at radius 3 is 2.53 bits per heavy atom. The van der Waals surface area contributed by atoms with Gasteiger partial charge in [0.2, 0.25) is 6.61 Å². The molecule has 0 unspecified atom stereocenters. The highest BCUT2D eigenvalue weighted by Crippen LogP contribution is 2.05. The molecule has 0 saturated carbocycles. The average Bonchev–Trinajstić information content (AvgIpc) is 2.17. The second-order valence-electron chi connectivity index (χ2n) is 3.66. The predicted octanol–water partition coefficient (Wildman–Crippen LogP) is 2.82. The summed E-state index contributed by atoms with van der Waals surface area (Å²) < 4.78 is 0. The molecule has 1 N–H and O–H groups in total. The zero-order valence-electron chi connectivity index (χ0n) is 9.66. The van der Waals surface area contributed by atoms with Gasteiger partial charge in [-0.05, 0) is 19.8 Å². The van der Waals surface area contributed by atoms with E-state index < -0.39 is 5.97 Å². The summed E-state index contributed by atoms with van der Waals surface area (Å²) in [5.74, 6) is -0.991. The van der Waals surface area contributed by atoms with Crippen LogP contribution in [-0.4, -0.2) is 23.4 Å². The fourth-order valence-electron chi connectivity index (χ4n) is 1.23. The lowest BCUT2D eigenvalue weighted by Crippen LogP contribution is -2.04. The number of unbranched alkanes of at least 4 members (excludes halogenated alkanes) is 4. The number of carboxylic acids is 1. The maximum absolute atomic E-state index is 10.1. The third-order valence-corrected chi connectivity index (χ3v) is 2.05. The van der Waals surface area contributed by atoms with Gasteiger partial charge in [0, 0.05) is 0 Å². The van der Waals surface area contributed by atoms with E-state index in [1.165, 1.54) is 25.7 Å². The number of aliphatic carboxylic acids is 1. The van der Waals surface area contributed by atoms with Crippen molar-refractivity contribution >= 4 is 11.7 Å². The van der Waals surface area contributed by atoms with E-state index in [0.29, 0.717) is 0 Å². The minimum atomic E-state index is -0.991. The van der Waals surface area contributed by atoms with Gasteiger partial charge in [-0.15, -0.1) is 0 Å². The summed E-state index contributed by atoms with van der Waals surface area (Å²) in [4.78, 5) is 14.7. The van der Waals surface area contributed by atoms with Crippen LogP contribution in [0.3, 0.4) is 0 Å². The van der Waals surface area contributed by atoms with Crippen LogP contribution in [0.15, 0.2) is 5.16 Å². The Balaban J connectivity index is 3.38. The van der Waals surface area contributed by atoms with Crippen molar-refractivity contribution in [1.29, 1.82) is 0 Å². The van der Waals surface area contributed by atoms with Crippen LogP contribution in [0.25, 0.3) is 0 Å². The van der Waals surface area contributed by atoms with Gasteiger partial charge in [0.25, 0.3) is 0 Å². The van der Waals surface area contributed by atoms with E-state index in [-0.39, 0.29) is 6.61 Å². The summed E-state index contributed by atoms with van der Waals surface area (Å²) in [5.41, 5.74) is 0.868. The molecule has 0 saturated heterocycles. The number of nitrogens with zero attached hydrogens (tertiary/aromatic N) is 1. The van der Waals surface area contributed by atoms with Crippen LogP contribution in [0.5, 0.6) is 0 Å². The lowest BCUT2D eigenvalue weighted by atomic mass is 10.1. The number of hydrogen-bond donors (Lipinski definition) is 1. The van der Waals surface area contributed by atoms with Gasteiger partial charge in [-0.25, -0.2) is 4.79 Å². The molecule has 0 heterocycles. The highest BCUT2D eigenvalue weighted by atomic mass is 16.6. The second-order valence-corrected chi connectivity index (χ2v) is 3.66. The van der Waals surface area contributed by atoms with Crippen LogP contribution in [0.4, 0.5) is 0 Å². The van der Waals surface area contributed by atoms with Crippen molar-refractivity contribution in [3.05, 3.63) is 0 Å². The van der Waals surface area contributed by atoms with Gasteiger partial charge in [-0.1, -0.05) is 37.8 Å². The fraction of sp³-hybridized carbons (Fsp3) is 0.818. The molecule has 0 aliphatic heterocycles. The largest absolute Gasteiger partial charge is 0.479 e. The second kappa shape index (κ2) is 9.49. The highest BCUT2D eigenvalue weighted by molar-refractivity contribution is 5.81. The lowest BCUT2D eigenvalue weighted by molar-refractivity contribution is -0.142. The van der Waals surface area contributed by atoms with Crippen molar-refractivity contribution in [2.45, 2.75) is 52.4 Å². The molecule has 0 aliphatic carbocycles. The van der Waals surface area contributed by atoms with Gasteiger partial charge in [0.15, 0.2) is 0 Å². The Hall–Kier alpha value is -1.06. The maximum Gasteiger partial charge on any atom is 0.344 e. The van der Waals surface area contributed by atoms with Gasteiger partial charge in [-0.3, -0.25) is 0 Å². The topological polar surface area (TPSA) is 58.9 Å². The molecular formula is C11H21NO3. The first-order chi connectivity index (χ1) is 7.16. The molecule has 15 heavy (non-hydrogen) atoms. The van der Waals surface area contributed by atoms with Crippen LogP contribution < -0.4 is 0 Å². The third kappa shape index (κ3) is 10.9. The van der Waals surface area contributed by atoms with E-state index in [9.17, 15) is 4.79 Å². The maximum atomic E-state index is 10.1. The molecule has 88 valence electrons. The SMILES string of the molecule is CCCCCCCC(C)=NOCC(=O)O. The van der Waals surface area contributed by atoms with Gasteiger partial charge in [-0.2, -0.15) is 0 Å². The van der Waals surface area contributed by atoms with Gasteiger partial charge >= 0.3 is 5.97 Å².